The summed E-state index contributed by atoms with van der Waals surface area (Å²) in [7, 11) is 0. The Morgan fingerprint density at radius 3 is 2.61 bits per heavy atom. The molecule has 6 nitrogen and oxygen atoms in total. The van der Waals surface area contributed by atoms with Crippen LogP contribution < -0.4 is 16.6 Å². The van der Waals surface area contributed by atoms with Crippen molar-refractivity contribution in [3.8, 4) is 0 Å². The molecular weight excluding hydrogens is 230 g/mol. The molecular formula is C12H23N5O. The van der Waals surface area contributed by atoms with Crippen molar-refractivity contribution in [1.29, 1.82) is 0 Å². The molecule has 0 saturated carbocycles. The first-order valence-corrected chi connectivity index (χ1v) is 6.14. The number of hydrazine groups is 1. The monoisotopic (exact) mass is 253 g/mol. The van der Waals surface area contributed by atoms with Crippen LogP contribution in [0.15, 0.2) is 6.07 Å². The average Bonchev–Trinajstić information content (AvgIpc) is 2.33. The molecule has 1 aromatic rings. The van der Waals surface area contributed by atoms with Crippen molar-refractivity contribution in [2.24, 2.45) is 11.3 Å². The van der Waals surface area contributed by atoms with Gasteiger partial charge < -0.3 is 15.8 Å². The molecule has 0 fully saturated rings. The number of nitrogen functional groups attached to an aromatic ring is 1. The number of aliphatic hydroxyl groups excluding tert-OH is 1. The summed E-state index contributed by atoms with van der Waals surface area (Å²) < 4.78 is 0. The van der Waals surface area contributed by atoms with Gasteiger partial charge in [0.1, 0.15) is 17.5 Å². The van der Waals surface area contributed by atoms with Crippen LogP contribution in [0, 0.1) is 12.3 Å². The van der Waals surface area contributed by atoms with Crippen LogP contribution in [0.3, 0.4) is 0 Å². The van der Waals surface area contributed by atoms with Crippen LogP contribution in [0.5, 0.6) is 0 Å². The number of anilines is 2. The maximum Gasteiger partial charge on any atom is 0.145 e. The minimum absolute atomic E-state index is 0.109. The highest BCUT2D eigenvalue weighted by Crippen LogP contribution is 2.22. The third kappa shape index (κ3) is 4.85. The summed E-state index contributed by atoms with van der Waals surface area (Å²) in [6.45, 7) is 7.16. The van der Waals surface area contributed by atoms with Crippen LogP contribution in [0.2, 0.25) is 0 Å². The zero-order valence-corrected chi connectivity index (χ0v) is 11.3. The standard InChI is InChI=1S/C12H23N5O/c1-9-15-10(7-11(16-9)17-13)14-8-12(2,3)5-4-6-18/h7,18H,4-6,8,13H2,1-3H3,(H2,14,15,16,17). The van der Waals surface area contributed by atoms with Gasteiger partial charge in [0.15, 0.2) is 0 Å². The number of nitrogens with one attached hydrogen (secondary N) is 2. The van der Waals surface area contributed by atoms with Crippen LogP contribution >= 0.6 is 0 Å². The number of nitrogens with two attached hydrogens (primary N) is 1. The molecule has 0 saturated heterocycles. The molecule has 6 heteroatoms. The van der Waals surface area contributed by atoms with Gasteiger partial charge in [-0.05, 0) is 25.2 Å². The fourth-order valence-corrected chi connectivity index (χ4v) is 1.71. The predicted molar refractivity (Wildman–Crippen MR) is 73.2 cm³/mol. The van der Waals surface area contributed by atoms with Crippen LogP contribution in [-0.4, -0.2) is 28.2 Å². The van der Waals surface area contributed by atoms with Crippen LogP contribution in [-0.2, 0) is 0 Å². The van der Waals surface area contributed by atoms with Crippen molar-refractivity contribution >= 4 is 11.6 Å². The van der Waals surface area contributed by atoms with E-state index in [1.54, 1.807) is 6.07 Å². The van der Waals surface area contributed by atoms with E-state index >= 15 is 0 Å². The SMILES string of the molecule is Cc1nc(NN)cc(NCC(C)(C)CCCO)n1. The molecule has 5 N–H and O–H groups in total. The fraction of sp³-hybridized carbons (Fsp3) is 0.667. The number of rotatable bonds is 7. The molecule has 1 rings (SSSR count). The van der Waals surface area contributed by atoms with Crippen molar-refractivity contribution < 1.29 is 5.11 Å². The van der Waals surface area contributed by atoms with Crippen molar-refractivity contribution in [3.05, 3.63) is 11.9 Å². The summed E-state index contributed by atoms with van der Waals surface area (Å²) in [5, 5.41) is 12.1. The number of nitrogens with zero attached hydrogens (tertiary/aromatic N) is 2. The molecule has 0 aliphatic heterocycles. The van der Waals surface area contributed by atoms with Gasteiger partial charge >= 0.3 is 0 Å². The average molecular weight is 253 g/mol. The summed E-state index contributed by atoms with van der Waals surface area (Å²) in [6.07, 6.45) is 1.77. The Morgan fingerprint density at radius 1 is 1.33 bits per heavy atom. The lowest BCUT2D eigenvalue weighted by Crippen LogP contribution is -2.24. The Hall–Kier alpha value is -1.40. The summed E-state index contributed by atoms with van der Waals surface area (Å²) in [4.78, 5) is 8.42. The van der Waals surface area contributed by atoms with Crippen molar-refractivity contribution in [1.82, 2.24) is 9.97 Å². The molecule has 0 aromatic carbocycles. The number of aliphatic hydroxyl groups is 1. The molecule has 0 unspecified atom stereocenters. The summed E-state index contributed by atoms with van der Waals surface area (Å²) >= 11 is 0. The Balaban J connectivity index is 2.59. The van der Waals surface area contributed by atoms with E-state index in [9.17, 15) is 0 Å². The Morgan fingerprint density at radius 2 is 2.00 bits per heavy atom. The van der Waals surface area contributed by atoms with Crippen LogP contribution in [0.4, 0.5) is 11.6 Å². The Labute approximate surface area is 108 Å². The first-order chi connectivity index (χ1) is 8.46. The van der Waals surface area contributed by atoms with Gasteiger partial charge in [0.25, 0.3) is 0 Å². The Kier molecular flexibility index (Phi) is 5.30. The van der Waals surface area contributed by atoms with E-state index in [1.807, 2.05) is 6.92 Å². The first kappa shape index (κ1) is 14.7. The second-order valence-corrected chi connectivity index (χ2v) is 5.17. The lowest BCUT2D eigenvalue weighted by molar-refractivity contribution is 0.248. The fourth-order valence-electron chi connectivity index (χ4n) is 1.71. The normalized spacial score (nSPS) is 11.4. The molecule has 1 aromatic heterocycles. The van der Waals surface area contributed by atoms with Gasteiger partial charge in [-0.1, -0.05) is 13.8 Å². The highest BCUT2D eigenvalue weighted by molar-refractivity contribution is 5.46. The number of hydrogen-bond acceptors (Lipinski definition) is 6. The molecule has 0 amide bonds. The number of aromatic nitrogens is 2. The van der Waals surface area contributed by atoms with Crippen molar-refractivity contribution in [2.75, 3.05) is 23.9 Å². The van der Waals surface area contributed by atoms with Gasteiger partial charge in [0.2, 0.25) is 0 Å². The Bertz CT molecular complexity index is 381. The maximum atomic E-state index is 8.86. The second kappa shape index (κ2) is 6.51. The van der Waals surface area contributed by atoms with E-state index in [1.165, 1.54) is 0 Å². The van der Waals surface area contributed by atoms with E-state index in [-0.39, 0.29) is 12.0 Å². The smallest absolute Gasteiger partial charge is 0.145 e. The third-order valence-electron chi connectivity index (χ3n) is 2.75. The van der Waals surface area contributed by atoms with Gasteiger partial charge in [-0.15, -0.1) is 0 Å². The number of aryl methyl sites for hydroxylation is 1. The minimum Gasteiger partial charge on any atom is -0.396 e. The summed E-state index contributed by atoms with van der Waals surface area (Å²) in [6, 6.07) is 1.77. The quantitative estimate of drug-likeness (QED) is 0.432. The molecule has 0 bridgehead atoms. The summed E-state index contributed by atoms with van der Waals surface area (Å²) in [5.74, 6) is 7.36. The number of hydrogen-bond donors (Lipinski definition) is 4. The van der Waals surface area contributed by atoms with Crippen LogP contribution in [0.25, 0.3) is 0 Å². The van der Waals surface area contributed by atoms with Gasteiger partial charge in [-0.2, -0.15) is 0 Å². The predicted octanol–water partition coefficient (Wildman–Crippen LogP) is 1.28. The van der Waals surface area contributed by atoms with Gasteiger partial charge in [-0.3, -0.25) is 0 Å². The highest BCUT2D eigenvalue weighted by Gasteiger charge is 2.17. The zero-order valence-electron chi connectivity index (χ0n) is 11.3. The molecule has 0 radical (unpaired) electrons. The molecule has 102 valence electrons. The van der Waals surface area contributed by atoms with Crippen molar-refractivity contribution in [3.63, 3.8) is 0 Å². The van der Waals surface area contributed by atoms with Gasteiger partial charge in [0, 0.05) is 19.2 Å². The van der Waals surface area contributed by atoms with Gasteiger partial charge in [-0.25, -0.2) is 15.8 Å². The molecule has 0 atom stereocenters. The zero-order chi connectivity index (χ0) is 13.6. The van der Waals surface area contributed by atoms with Crippen LogP contribution in [0.1, 0.15) is 32.5 Å². The topological polar surface area (TPSA) is 96.1 Å². The van der Waals surface area contributed by atoms with E-state index in [0.717, 1.165) is 25.2 Å². The summed E-state index contributed by atoms with van der Waals surface area (Å²) in [5.41, 5.74) is 2.62. The molecule has 18 heavy (non-hydrogen) atoms. The molecule has 0 aliphatic carbocycles. The first-order valence-electron chi connectivity index (χ1n) is 6.14. The molecule has 0 aliphatic rings. The third-order valence-corrected chi connectivity index (χ3v) is 2.75. The second-order valence-electron chi connectivity index (χ2n) is 5.17. The molecule has 0 spiro atoms. The van der Waals surface area contributed by atoms with E-state index in [2.05, 4.69) is 34.6 Å². The lowest BCUT2D eigenvalue weighted by Gasteiger charge is -2.25. The van der Waals surface area contributed by atoms with E-state index in [0.29, 0.717) is 11.6 Å². The van der Waals surface area contributed by atoms with Crippen molar-refractivity contribution in [2.45, 2.75) is 33.6 Å². The largest absolute Gasteiger partial charge is 0.396 e. The maximum absolute atomic E-state index is 8.86. The minimum atomic E-state index is 0.109. The van der Waals surface area contributed by atoms with E-state index in [4.69, 9.17) is 10.9 Å². The highest BCUT2D eigenvalue weighted by atomic mass is 16.2. The lowest BCUT2D eigenvalue weighted by atomic mass is 9.88. The van der Waals surface area contributed by atoms with Gasteiger partial charge in [0.05, 0.1) is 0 Å². The van der Waals surface area contributed by atoms with E-state index < -0.39 is 0 Å². The molecule has 1 heterocycles.